The zero-order valence-corrected chi connectivity index (χ0v) is 34.6. The Hall–Kier alpha value is -6.14. The number of thioether (sulfide) groups is 1. The summed E-state index contributed by atoms with van der Waals surface area (Å²) in [5.41, 5.74) is 4.91. The van der Waals surface area contributed by atoms with E-state index in [-0.39, 0.29) is 28.1 Å². The van der Waals surface area contributed by atoms with Gasteiger partial charge in [0, 0.05) is 78.0 Å². The number of halogens is 1. The Morgan fingerprint density at radius 1 is 0.900 bits per heavy atom. The molecule has 3 heterocycles. The van der Waals surface area contributed by atoms with Crippen LogP contribution >= 0.6 is 23.4 Å². The van der Waals surface area contributed by atoms with Crippen LogP contribution in [0.15, 0.2) is 131 Å². The first-order valence-corrected chi connectivity index (χ1v) is 22.1. The Labute approximate surface area is 355 Å². The van der Waals surface area contributed by atoms with Crippen molar-refractivity contribution in [2.24, 2.45) is 0 Å². The summed E-state index contributed by atoms with van der Waals surface area (Å²) in [6.45, 7) is 4.13. The molecule has 1 saturated heterocycles. The predicted octanol–water partition coefficient (Wildman–Crippen LogP) is 7.70. The first-order valence-electron chi connectivity index (χ1n) is 19.2. The highest BCUT2D eigenvalue weighted by atomic mass is 35.5. The van der Waals surface area contributed by atoms with Crippen molar-refractivity contribution in [3.8, 4) is 11.1 Å². The second-order valence-electron chi connectivity index (χ2n) is 14.2. The number of nitro groups is 1. The number of H-pyrrole nitrogens is 1. The lowest BCUT2D eigenvalue weighted by molar-refractivity contribution is -0.384. The average Bonchev–Trinajstić information content (AvgIpc) is 3.79. The van der Waals surface area contributed by atoms with Crippen molar-refractivity contribution in [1.82, 2.24) is 35.5 Å². The minimum atomic E-state index is -4.30. The average molecular weight is 862 g/mol. The summed E-state index contributed by atoms with van der Waals surface area (Å²) >= 11 is 7.74. The number of rotatable bonds is 16. The van der Waals surface area contributed by atoms with Gasteiger partial charge in [-0.05, 0) is 77.7 Å². The van der Waals surface area contributed by atoms with E-state index in [0.29, 0.717) is 40.3 Å². The summed E-state index contributed by atoms with van der Waals surface area (Å²) in [5, 5.41) is 30.9. The molecule has 0 bridgehead atoms. The molecule has 1 fully saturated rings. The first-order chi connectivity index (χ1) is 29.2. The molecule has 15 nitrogen and oxygen atoms in total. The van der Waals surface area contributed by atoms with Crippen LogP contribution in [-0.2, 0) is 23.0 Å². The molecule has 7 aromatic rings. The summed E-state index contributed by atoms with van der Waals surface area (Å²) in [6.07, 6.45) is 2.32. The molecular weight excluding hydrogens is 822 g/mol. The summed E-state index contributed by atoms with van der Waals surface area (Å²) in [5.74, 6) is 1.16. The molecule has 8 rings (SSSR count). The maximum atomic E-state index is 13.8. The SMILES string of the molecule is O=[N+]([O-])c1cc(S(=O)(=O)Nc2ncnc3cc(N4CCN(Cc5ccccc5-c5ccc(Cl)cc5)CC4)ccc23)ccc1NC(CCc1nn[nH]n1)CSc1ccccc1. The van der Waals surface area contributed by atoms with Gasteiger partial charge in [-0.25, -0.2) is 18.4 Å². The van der Waals surface area contributed by atoms with E-state index >= 15 is 0 Å². The number of anilines is 3. The van der Waals surface area contributed by atoms with E-state index < -0.39 is 14.9 Å². The highest BCUT2D eigenvalue weighted by Crippen LogP contribution is 2.33. The maximum Gasteiger partial charge on any atom is 0.293 e. The largest absolute Gasteiger partial charge is 0.376 e. The van der Waals surface area contributed by atoms with Crippen molar-refractivity contribution in [2.75, 3.05) is 46.9 Å². The van der Waals surface area contributed by atoms with Gasteiger partial charge in [-0.15, -0.1) is 22.0 Å². The minimum absolute atomic E-state index is 0.0695. The third kappa shape index (κ3) is 9.82. The fourth-order valence-electron chi connectivity index (χ4n) is 7.16. The zero-order valence-electron chi connectivity index (χ0n) is 32.2. The second kappa shape index (κ2) is 18.4. The number of aromatic amines is 1. The molecule has 2 aromatic heterocycles. The topological polar surface area (TPSA) is 188 Å². The number of sulfonamides is 1. The van der Waals surface area contributed by atoms with Gasteiger partial charge in [0.05, 0.1) is 15.3 Å². The number of nitrogens with one attached hydrogen (secondary N) is 3. The maximum absolute atomic E-state index is 13.8. The van der Waals surface area contributed by atoms with Crippen molar-refractivity contribution in [2.45, 2.75) is 35.2 Å². The van der Waals surface area contributed by atoms with Crippen LogP contribution in [0.25, 0.3) is 22.0 Å². The third-order valence-corrected chi connectivity index (χ3v) is 13.1. The van der Waals surface area contributed by atoms with Gasteiger partial charge < -0.3 is 10.2 Å². The van der Waals surface area contributed by atoms with Crippen molar-refractivity contribution in [3.05, 3.63) is 148 Å². The van der Waals surface area contributed by atoms with Crippen LogP contribution in [0.2, 0.25) is 5.02 Å². The van der Waals surface area contributed by atoms with E-state index in [0.717, 1.165) is 54.9 Å². The summed E-state index contributed by atoms with van der Waals surface area (Å²) in [7, 11) is -4.30. The molecular formula is C42H40ClN11O4S2. The predicted molar refractivity (Wildman–Crippen MR) is 235 cm³/mol. The van der Waals surface area contributed by atoms with Crippen LogP contribution in [0.5, 0.6) is 0 Å². The lowest BCUT2D eigenvalue weighted by atomic mass is 9.99. The molecule has 0 saturated carbocycles. The molecule has 0 spiro atoms. The monoisotopic (exact) mass is 861 g/mol. The fourth-order valence-corrected chi connectivity index (χ4v) is 9.33. The second-order valence-corrected chi connectivity index (χ2v) is 17.4. The van der Waals surface area contributed by atoms with Crippen LogP contribution < -0.4 is 14.9 Å². The standard InChI is InChI=1S/C42H40ClN11O4S2/c43-31-12-10-29(11-13-31)36-9-5-4-6-30(36)26-52-20-22-53(23-21-52)33-15-17-37-39(24-33)44-28-45-42(37)49-60(57,58)35-16-18-38(40(25-35)54(55)56)46-32(14-19-41-47-50-51-48-41)27-59-34-7-2-1-3-8-34/h1-13,15-18,24-25,28,32,46H,14,19-23,26-27H2,(H,44,45,49)(H,47,48,50,51). The number of hydrogen-bond acceptors (Lipinski definition) is 13. The Morgan fingerprint density at radius 2 is 1.68 bits per heavy atom. The van der Waals surface area contributed by atoms with Gasteiger partial charge in [0.15, 0.2) is 11.6 Å². The molecule has 1 unspecified atom stereocenters. The Kier molecular flexibility index (Phi) is 12.5. The number of tetrazole rings is 1. The Morgan fingerprint density at radius 3 is 2.45 bits per heavy atom. The smallest absolute Gasteiger partial charge is 0.293 e. The molecule has 0 radical (unpaired) electrons. The lowest BCUT2D eigenvalue weighted by Crippen LogP contribution is -2.46. The van der Waals surface area contributed by atoms with Gasteiger partial charge in [0.2, 0.25) is 0 Å². The highest BCUT2D eigenvalue weighted by molar-refractivity contribution is 7.99. The molecule has 1 aliphatic heterocycles. The summed E-state index contributed by atoms with van der Waals surface area (Å²) < 4.78 is 30.1. The molecule has 18 heteroatoms. The number of nitro benzene ring substituents is 1. The Balaban J connectivity index is 0.940. The van der Waals surface area contributed by atoms with Gasteiger partial charge >= 0.3 is 0 Å². The quantitative estimate of drug-likeness (QED) is 0.0488. The summed E-state index contributed by atoms with van der Waals surface area (Å²) in [4.78, 5) is 26.0. The number of piperazine rings is 1. The number of nitrogens with zero attached hydrogens (tertiary/aromatic N) is 8. The Bertz CT molecular complexity index is 2690. The third-order valence-electron chi connectivity index (χ3n) is 10.3. The number of aryl methyl sites for hydroxylation is 1. The van der Waals surface area contributed by atoms with E-state index in [4.69, 9.17) is 11.6 Å². The molecule has 1 atom stereocenters. The van der Waals surface area contributed by atoms with Crippen molar-refractivity contribution in [1.29, 1.82) is 0 Å². The molecule has 60 heavy (non-hydrogen) atoms. The van der Waals surface area contributed by atoms with Gasteiger partial charge in [0.1, 0.15) is 12.0 Å². The van der Waals surface area contributed by atoms with Gasteiger partial charge in [-0.2, -0.15) is 5.21 Å². The van der Waals surface area contributed by atoms with Crippen molar-refractivity contribution < 1.29 is 13.3 Å². The molecule has 3 N–H and O–H groups in total. The van der Waals surface area contributed by atoms with Gasteiger partial charge in [-0.3, -0.25) is 19.7 Å². The zero-order chi connectivity index (χ0) is 41.5. The van der Waals surface area contributed by atoms with Gasteiger partial charge in [-0.1, -0.05) is 71.4 Å². The van der Waals surface area contributed by atoms with Crippen LogP contribution in [-0.4, -0.2) is 86.8 Å². The van der Waals surface area contributed by atoms with Crippen LogP contribution in [0.3, 0.4) is 0 Å². The van der Waals surface area contributed by atoms with E-state index in [1.54, 1.807) is 17.8 Å². The first kappa shape index (κ1) is 40.6. The molecule has 5 aromatic carbocycles. The minimum Gasteiger partial charge on any atom is -0.376 e. The number of hydrogen-bond donors (Lipinski definition) is 3. The molecule has 306 valence electrons. The van der Waals surface area contributed by atoms with Crippen LogP contribution in [0.4, 0.5) is 22.9 Å². The number of fused-ring (bicyclic) bond motifs is 1. The van der Waals surface area contributed by atoms with Crippen molar-refractivity contribution in [3.63, 3.8) is 0 Å². The van der Waals surface area contributed by atoms with Crippen molar-refractivity contribution >= 4 is 67.2 Å². The lowest BCUT2D eigenvalue weighted by Gasteiger charge is -2.36. The van der Waals surface area contributed by atoms with Crippen LogP contribution in [0, 0.1) is 10.1 Å². The van der Waals surface area contributed by atoms with E-state index in [2.05, 4.69) is 74.7 Å². The van der Waals surface area contributed by atoms with Gasteiger partial charge in [0.25, 0.3) is 15.7 Å². The summed E-state index contributed by atoms with van der Waals surface area (Å²) in [6, 6.07) is 35.4. The van der Waals surface area contributed by atoms with Crippen LogP contribution in [0.1, 0.15) is 17.8 Å². The fraction of sp³-hybridized carbons (Fsp3) is 0.214. The van der Waals surface area contributed by atoms with E-state index in [1.165, 1.54) is 29.6 Å². The molecule has 0 aliphatic carbocycles. The van der Waals surface area contributed by atoms with E-state index in [9.17, 15) is 18.5 Å². The number of benzene rings is 5. The number of aromatic nitrogens is 6. The molecule has 1 aliphatic rings. The normalized spacial score (nSPS) is 13.9. The van der Waals surface area contributed by atoms with E-state index in [1.807, 2.05) is 66.7 Å². The highest BCUT2D eigenvalue weighted by Gasteiger charge is 2.25. The molecule has 0 amide bonds.